The van der Waals surface area contributed by atoms with E-state index in [9.17, 15) is 0 Å². The fourth-order valence-corrected chi connectivity index (χ4v) is 7.50. The van der Waals surface area contributed by atoms with Gasteiger partial charge in [-0.15, -0.1) is 0 Å². The predicted molar refractivity (Wildman–Crippen MR) is 190 cm³/mol. The molecule has 2 saturated heterocycles. The number of benzene rings is 4. The highest BCUT2D eigenvalue weighted by Crippen LogP contribution is 2.33. The molecule has 7 nitrogen and oxygen atoms in total. The minimum Gasteiger partial charge on any atom is -0.457 e. The highest BCUT2D eigenvalue weighted by atomic mass is 35.5. The van der Waals surface area contributed by atoms with Crippen LogP contribution in [0.4, 0.5) is 0 Å². The van der Waals surface area contributed by atoms with E-state index in [1.54, 1.807) is 0 Å². The molecular formula is C38H38Cl2N6O. The smallest absolute Gasteiger partial charge is 0.128 e. The van der Waals surface area contributed by atoms with Gasteiger partial charge in [-0.3, -0.25) is 19.2 Å². The summed E-state index contributed by atoms with van der Waals surface area (Å²) in [6, 6.07) is 29.8. The van der Waals surface area contributed by atoms with Gasteiger partial charge in [0.25, 0.3) is 0 Å². The van der Waals surface area contributed by atoms with E-state index in [0.717, 1.165) is 108 Å². The van der Waals surface area contributed by atoms with Gasteiger partial charge in [0, 0.05) is 60.1 Å². The van der Waals surface area contributed by atoms with Gasteiger partial charge in [0.1, 0.15) is 11.5 Å². The zero-order chi connectivity index (χ0) is 31.7. The van der Waals surface area contributed by atoms with Gasteiger partial charge in [-0.25, -0.2) is 0 Å². The van der Waals surface area contributed by atoms with E-state index in [4.69, 9.17) is 38.1 Å². The molecule has 0 spiro atoms. The minimum absolute atomic E-state index is 0.399. The number of rotatable bonds is 8. The normalized spacial score (nSPS) is 17.1. The first kappa shape index (κ1) is 30.5. The number of halogens is 2. The number of likely N-dealkylation sites (tertiary alicyclic amines) is 2. The Kier molecular flexibility index (Phi) is 8.63. The Balaban J connectivity index is 0.882. The summed E-state index contributed by atoms with van der Waals surface area (Å²) in [4.78, 5) is 5.04. The summed E-state index contributed by atoms with van der Waals surface area (Å²) < 4.78 is 10.8. The summed E-state index contributed by atoms with van der Waals surface area (Å²) in [5.74, 6) is 1.63. The largest absolute Gasteiger partial charge is 0.457 e. The molecule has 8 rings (SSSR count). The van der Waals surface area contributed by atoms with Crippen LogP contribution in [0.5, 0.6) is 11.5 Å². The zero-order valence-corrected chi connectivity index (χ0v) is 27.8. The molecule has 6 aromatic rings. The van der Waals surface area contributed by atoms with Crippen molar-refractivity contribution in [1.29, 1.82) is 0 Å². The van der Waals surface area contributed by atoms with E-state index in [0.29, 0.717) is 12.1 Å². The number of hydrogen-bond donors (Lipinski definition) is 0. The predicted octanol–water partition coefficient (Wildman–Crippen LogP) is 9.16. The zero-order valence-electron chi connectivity index (χ0n) is 26.3. The van der Waals surface area contributed by atoms with E-state index >= 15 is 0 Å². The van der Waals surface area contributed by atoms with E-state index in [1.165, 1.54) is 11.1 Å². The molecule has 4 aromatic carbocycles. The Hall–Kier alpha value is -3.88. The Labute approximate surface area is 285 Å². The molecule has 2 aromatic heterocycles. The van der Waals surface area contributed by atoms with Crippen molar-refractivity contribution in [3.8, 4) is 11.5 Å². The lowest BCUT2D eigenvalue weighted by Gasteiger charge is -2.32. The van der Waals surface area contributed by atoms with E-state index in [-0.39, 0.29) is 0 Å². The first-order valence-corrected chi connectivity index (χ1v) is 17.4. The molecule has 2 aliphatic rings. The van der Waals surface area contributed by atoms with Gasteiger partial charge < -0.3 is 4.74 Å². The second kappa shape index (κ2) is 13.3. The summed E-state index contributed by atoms with van der Waals surface area (Å²) in [5.41, 5.74) is 4.93. The van der Waals surface area contributed by atoms with Crippen LogP contribution in [-0.2, 0) is 13.1 Å². The molecule has 0 aliphatic carbocycles. The fraction of sp³-hybridized carbons (Fsp3) is 0.316. The van der Waals surface area contributed by atoms with Crippen molar-refractivity contribution in [1.82, 2.24) is 29.4 Å². The van der Waals surface area contributed by atoms with E-state index in [1.807, 2.05) is 36.7 Å². The van der Waals surface area contributed by atoms with Gasteiger partial charge in [-0.2, -0.15) is 10.2 Å². The topological polar surface area (TPSA) is 51.4 Å². The standard InChI is InChI=1S/C38H38Cl2N6O/c39-31-5-1-27(2-6-31)25-43-17-13-33(14-18-43)45-37-11-9-35(21-29(37)23-41-45)47-36-10-12-38-30(22-36)24-42-46(38)34-15-19-44(20-16-34)26-28-3-7-32(40)8-4-28/h1-12,21-24,33-34H,13-20,25-26H2. The maximum Gasteiger partial charge on any atom is 0.128 e. The van der Waals surface area contributed by atoms with Crippen molar-refractivity contribution in [2.24, 2.45) is 0 Å². The molecule has 47 heavy (non-hydrogen) atoms. The Bertz CT molecular complexity index is 1830. The average Bonchev–Trinajstić information content (AvgIpc) is 3.72. The lowest BCUT2D eigenvalue weighted by Crippen LogP contribution is -2.34. The van der Waals surface area contributed by atoms with Crippen LogP contribution in [0.15, 0.2) is 97.3 Å². The van der Waals surface area contributed by atoms with Gasteiger partial charge in [0.05, 0.1) is 35.5 Å². The van der Waals surface area contributed by atoms with Crippen molar-refractivity contribution in [2.45, 2.75) is 50.9 Å². The molecule has 0 radical (unpaired) electrons. The number of nitrogens with zero attached hydrogens (tertiary/aromatic N) is 6. The average molecular weight is 666 g/mol. The van der Waals surface area contributed by atoms with Crippen molar-refractivity contribution < 1.29 is 4.74 Å². The van der Waals surface area contributed by atoms with Crippen LogP contribution in [0.1, 0.15) is 48.9 Å². The van der Waals surface area contributed by atoms with Gasteiger partial charge in [0.2, 0.25) is 0 Å². The molecule has 2 aliphatic heterocycles. The molecule has 240 valence electrons. The van der Waals surface area contributed by atoms with Crippen LogP contribution < -0.4 is 4.74 Å². The SMILES string of the molecule is Clc1ccc(CN2CCC(n3ncc4cc(Oc5ccc6c(cnn6C6CCN(Cc7ccc(Cl)cc7)CC6)c5)ccc43)CC2)cc1. The van der Waals surface area contributed by atoms with Gasteiger partial charge >= 0.3 is 0 Å². The number of fused-ring (bicyclic) bond motifs is 2. The third-order valence-electron chi connectivity index (χ3n) is 9.81. The molecule has 9 heteroatoms. The summed E-state index contributed by atoms with van der Waals surface area (Å²) in [5, 5.41) is 13.4. The van der Waals surface area contributed by atoms with E-state index < -0.39 is 0 Å². The van der Waals surface area contributed by atoms with Gasteiger partial charge in [-0.05, 0) is 97.5 Å². The summed E-state index contributed by atoms with van der Waals surface area (Å²) in [7, 11) is 0. The van der Waals surface area contributed by atoms with Crippen molar-refractivity contribution in [3.05, 3.63) is 118 Å². The molecule has 0 bridgehead atoms. The summed E-state index contributed by atoms with van der Waals surface area (Å²) in [6.45, 7) is 6.14. The number of ether oxygens (including phenoxy) is 1. The number of piperidine rings is 2. The minimum atomic E-state index is 0.399. The first-order chi connectivity index (χ1) is 23.0. The van der Waals surface area contributed by atoms with Gasteiger partial charge in [0.15, 0.2) is 0 Å². The third-order valence-corrected chi connectivity index (χ3v) is 10.3. The van der Waals surface area contributed by atoms with Crippen LogP contribution >= 0.6 is 23.2 Å². The van der Waals surface area contributed by atoms with Crippen LogP contribution in [0.3, 0.4) is 0 Å². The monoisotopic (exact) mass is 664 g/mol. The van der Waals surface area contributed by atoms with Crippen molar-refractivity contribution >= 4 is 45.0 Å². The van der Waals surface area contributed by atoms with Crippen LogP contribution in [0, 0.1) is 0 Å². The second-order valence-corrected chi connectivity index (χ2v) is 13.9. The Morgan fingerprint density at radius 1 is 0.553 bits per heavy atom. The number of aromatic nitrogens is 4. The highest BCUT2D eigenvalue weighted by Gasteiger charge is 2.24. The highest BCUT2D eigenvalue weighted by molar-refractivity contribution is 6.30. The molecule has 0 amide bonds. The Morgan fingerprint density at radius 2 is 0.957 bits per heavy atom. The lowest BCUT2D eigenvalue weighted by molar-refractivity contribution is 0.175. The van der Waals surface area contributed by atoms with Crippen LogP contribution in [-0.4, -0.2) is 55.5 Å². The fourth-order valence-electron chi connectivity index (χ4n) is 7.25. The molecule has 0 N–H and O–H groups in total. The summed E-state index contributed by atoms with van der Waals surface area (Å²) in [6.07, 6.45) is 8.27. The molecule has 0 atom stereocenters. The quantitative estimate of drug-likeness (QED) is 0.162. The molecular weight excluding hydrogens is 627 g/mol. The lowest BCUT2D eigenvalue weighted by atomic mass is 10.0. The molecule has 4 heterocycles. The third kappa shape index (κ3) is 6.76. The van der Waals surface area contributed by atoms with Crippen molar-refractivity contribution in [3.63, 3.8) is 0 Å². The molecule has 2 fully saturated rings. The van der Waals surface area contributed by atoms with Crippen LogP contribution in [0.25, 0.3) is 21.8 Å². The maximum atomic E-state index is 6.36. The number of hydrogen-bond acceptors (Lipinski definition) is 5. The van der Waals surface area contributed by atoms with Gasteiger partial charge in [-0.1, -0.05) is 47.5 Å². The Morgan fingerprint density at radius 3 is 1.36 bits per heavy atom. The summed E-state index contributed by atoms with van der Waals surface area (Å²) >= 11 is 12.1. The second-order valence-electron chi connectivity index (χ2n) is 13.0. The molecule has 0 unspecified atom stereocenters. The molecule has 0 saturated carbocycles. The first-order valence-electron chi connectivity index (χ1n) is 16.6. The maximum absolute atomic E-state index is 6.36. The van der Waals surface area contributed by atoms with E-state index in [2.05, 4.69) is 79.8 Å². The van der Waals surface area contributed by atoms with Crippen LogP contribution in [0.2, 0.25) is 10.0 Å². The van der Waals surface area contributed by atoms with Crippen molar-refractivity contribution in [2.75, 3.05) is 26.2 Å².